The Morgan fingerprint density at radius 2 is 1.87 bits per heavy atom. The maximum Gasteiger partial charge on any atom is 0.234 e. The van der Waals surface area contributed by atoms with Crippen LogP contribution in [0, 0.1) is 13.8 Å². The van der Waals surface area contributed by atoms with Gasteiger partial charge in [0.05, 0.1) is 17.5 Å². The lowest BCUT2D eigenvalue weighted by Crippen LogP contribution is -2.14. The van der Waals surface area contributed by atoms with Crippen molar-refractivity contribution in [1.29, 1.82) is 0 Å². The summed E-state index contributed by atoms with van der Waals surface area (Å²) in [4.78, 5) is 14.8. The second-order valence-electron chi connectivity index (χ2n) is 7.25. The van der Waals surface area contributed by atoms with Crippen molar-refractivity contribution in [3.05, 3.63) is 54.0 Å². The van der Waals surface area contributed by atoms with Crippen molar-refractivity contribution in [2.24, 2.45) is 0 Å². The number of nitrogens with zero attached hydrogens (tertiary/aromatic N) is 5. The van der Waals surface area contributed by atoms with Gasteiger partial charge in [-0.3, -0.25) is 9.82 Å². The van der Waals surface area contributed by atoms with Crippen molar-refractivity contribution < 1.29 is 8.42 Å². The van der Waals surface area contributed by atoms with E-state index < -0.39 is 10.0 Å². The Balaban J connectivity index is 1.58. The maximum atomic E-state index is 11.6. The summed E-state index contributed by atoms with van der Waals surface area (Å²) in [6.45, 7) is 3.80. The first kappa shape index (κ1) is 20.5. The Kier molecular flexibility index (Phi) is 5.19. The van der Waals surface area contributed by atoms with E-state index in [1.165, 1.54) is 6.33 Å². The van der Waals surface area contributed by atoms with Gasteiger partial charge in [-0.1, -0.05) is 6.07 Å². The van der Waals surface area contributed by atoms with Gasteiger partial charge in [-0.25, -0.2) is 18.4 Å². The Morgan fingerprint density at radius 3 is 2.65 bits per heavy atom. The molecule has 0 aliphatic carbocycles. The van der Waals surface area contributed by atoms with Crippen LogP contribution in [0.5, 0.6) is 0 Å². The number of rotatable bonds is 6. The standard InChI is InChI=1S/C20H22N8O2S/c1-12-5-6-14(9-17(12)27-31(4,29)30)23-19-21-11-22-20(24-19)28(3)15-7-8-16-13(2)25-26-18(16)10-15/h5-11,27H,1-4H3,(H,25,26)(H,21,22,23,24). The second kappa shape index (κ2) is 7.84. The smallest absolute Gasteiger partial charge is 0.234 e. The zero-order chi connectivity index (χ0) is 22.2. The molecule has 31 heavy (non-hydrogen) atoms. The molecule has 4 aromatic rings. The number of nitrogens with one attached hydrogen (secondary N) is 3. The number of aryl methyl sites for hydroxylation is 2. The van der Waals surface area contributed by atoms with E-state index in [0.717, 1.165) is 34.1 Å². The first-order valence-electron chi connectivity index (χ1n) is 9.42. The summed E-state index contributed by atoms with van der Waals surface area (Å²) in [7, 11) is -1.52. The molecule has 0 saturated carbocycles. The van der Waals surface area contributed by atoms with Gasteiger partial charge in [0.25, 0.3) is 0 Å². The van der Waals surface area contributed by atoms with Crippen LogP contribution in [0.2, 0.25) is 0 Å². The Hall–Kier alpha value is -3.73. The zero-order valence-corrected chi connectivity index (χ0v) is 18.3. The first-order chi connectivity index (χ1) is 14.7. The average Bonchev–Trinajstić information content (AvgIpc) is 3.09. The number of H-pyrrole nitrogens is 1. The lowest BCUT2D eigenvalue weighted by atomic mass is 10.2. The highest BCUT2D eigenvalue weighted by molar-refractivity contribution is 7.92. The monoisotopic (exact) mass is 438 g/mol. The van der Waals surface area contributed by atoms with Crippen molar-refractivity contribution >= 4 is 49.9 Å². The van der Waals surface area contributed by atoms with Crippen molar-refractivity contribution in [2.45, 2.75) is 13.8 Å². The molecule has 0 fully saturated rings. The number of anilines is 5. The molecule has 3 N–H and O–H groups in total. The van der Waals surface area contributed by atoms with Crippen LogP contribution < -0.4 is 14.9 Å². The predicted octanol–water partition coefficient (Wildman–Crippen LogP) is 3.25. The van der Waals surface area contributed by atoms with E-state index in [0.29, 0.717) is 23.3 Å². The maximum absolute atomic E-state index is 11.6. The van der Waals surface area contributed by atoms with Crippen LogP contribution in [0.3, 0.4) is 0 Å². The quantitative estimate of drug-likeness (QED) is 0.418. The molecule has 0 unspecified atom stereocenters. The highest BCUT2D eigenvalue weighted by atomic mass is 32.2. The van der Waals surface area contributed by atoms with Gasteiger partial charge in [-0.15, -0.1) is 0 Å². The molecule has 2 aromatic heterocycles. The minimum absolute atomic E-state index is 0.336. The van der Waals surface area contributed by atoms with Gasteiger partial charge in [0.1, 0.15) is 6.33 Å². The number of hydrogen-bond acceptors (Lipinski definition) is 8. The van der Waals surface area contributed by atoms with E-state index in [-0.39, 0.29) is 0 Å². The molecule has 4 rings (SSSR count). The molecular formula is C20H22N8O2S. The Labute approximate surface area is 179 Å². The van der Waals surface area contributed by atoms with Crippen molar-refractivity contribution in [1.82, 2.24) is 25.1 Å². The van der Waals surface area contributed by atoms with E-state index in [2.05, 4.69) is 35.2 Å². The third-order valence-electron chi connectivity index (χ3n) is 4.76. The van der Waals surface area contributed by atoms with Crippen LogP contribution in [-0.4, -0.2) is 46.9 Å². The molecule has 11 heteroatoms. The topological polar surface area (TPSA) is 129 Å². The number of fused-ring (bicyclic) bond motifs is 1. The van der Waals surface area contributed by atoms with Crippen LogP contribution >= 0.6 is 0 Å². The molecule has 0 aliphatic rings. The number of sulfonamides is 1. The fourth-order valence-electron chi connectivity index (χ4n) is 3.11. The number of aromatic amines is 1. The summed E-state index contributed by atoms with van der Waals surface area (Å²) >= 11 is 0. The largest absolute Gasteiger partial charge is 0.324 e. The van der Waals surface area contributed by atoms with E-state index in [9.17, 15) is 8.42 Å². The fraction of sp³-hybridized carbons (Fsp3) is 0.200. The summed E-state index contributed by atoms with van der Waals surface area (Å²) in [5.74, 6) is 0.786. The number of hydrogen-bond donors (Lipinski definition) is 3. The first-order valence-corrected chi connectivity index (χ1v) is 11.3. The van der Waals surface area contributed by atoms with Gasteiger partial charge in [-0.05, 0) is 49.7 Å². The Morgan fingerprint density at radius 1 is 1.06 bits per heavy atom. The molecule has 0 amide bonds. The van der Waals surface area contributed by atoms with E-state index in [1.807, 2.05) is 56.1 Å². The summed E-state index contributed by atoms with van der Waals surface area (Å²) in [5.41, 5.74) is 4.69. The fourth-order valence-corrected chi connectivity index (χ4v) is 3.73. The summed E-state index contributed by atoms with van der Waals surface area (Å²) in [6.07, 6.45) is 2.53. The molecule has 160 valence electrons. The van der Waals surface area contributed by atoms with Gasteiger partial charge >= 0.3 is 0 Å². The van der Waals surface area contributed by atoms with E-state index in [1.54, 1.807) is 6.07 Å². The van der Waals surface area contributed by atoms with Gasteiger partial charge in [0.15, 0.2) is 0 Å². The number of aromatic nitrogens is 5. The van der Waals surface area contributed by atoms with Gasteiger partial charge in [0, 0.05) is 29.5 Å². The van der Waals surface area contributed by atoms with Crippen LogP contribution in [-0.2, 0) is 10.0 Å². The molecular weight excluding hydrogens is 416 g/mol. The van der Waals surface area contributed by atoms with Crippen molar-refractivity contribution in [2.75, 3.05) is 28.2 Å². The zero-order valence-electron chi connectivity index (χ0n) is 17.5. The molecule has 0 spiro atoms. The van der Waals surface area contributed by atoms with Crippen LogP contribution in [0.4, 0.5) is 29.0 Å². The summed E-state index contributed by atoms with van der Waals surface area (Å²) in [6, 6.07) is 11.3. The van der Waals surface area contributed by atoms with Crippen LogP contribution in [0.15, 0.2) is 42.7 Å². The average molecular weight is 439 g/mol. The molecule has 2 aromatic carbocycles. The molecule has 0 radical (unpaired) electrons. The molecule has 0 atom stereocenters. The lowest BCUT2D eigenvalue weighted by Gasteiger charge is -2.17. The van der Waals surface area contributed by atoms with Crippen LogP contribution in [0.1, 0.15) is 11.3 Å². The molecule has 0 aliphatic heterocycles. The van der Waals surface area contributed by atoms with Gasteiger partial charge < -0.3 is 10.2 Å². The normalized spacial score (nSPS) is 11.5. The minimum Gasteiger partial charge on any atom is -0.324 e. The molecule has 2 heterocycles. The number of benzene rings is 2. The molecule has 0 saturated heterocycles. The third kappa shape index (κ3) is 4.56. The summed E-state index contributed by atoms with van der Waals surface area (Å²) in [5, 5.41) is 11.4. The second-order valence-corrected chi connectivity index (χ2v) is 9.00. The van der Waals surface area contributed by atoms with E-state index >= 15 is 0 Å². The summed E-state index contributed by atoms with van der Waals surface area (Å²) < 4.78 is 25.7. The van der Waals surface area contributed by atoms with Crippen molar-refractivity contribution in [3.63, 3.8) is 0 Å². The van der Waals surface area contributed by atoms with Gasteiger partial charge in [-0.2, -0.15) is 10.1 Å². The predicted molar refractivity (Wildman–Crippen MR) is 122 cm³/mol. The van der Waals surface area contributed by atoms with E-state index in [4.69, 9.17) is 0 Å². The highest BCUT2D eigenvalue weighted by Gasteiger charge is 2.12. The SMILES string of the molecule is Cc1ccc(Nc2ncnc(N(C)c3ccc4c(C)[nH]nc4c3)n2)cc1NS(C)(=O)=O. The third-order valence-corrected chi connectivity index (χ3v) is 5.36. The Bertz CT molecular complexity index is 1370. The molecule has 10 nitrogen and oxygen atoms in total. The minimum atomic E-state index is -3.39. The van der Waals surface area contributed by atoms with Crippen molar-refractivity contribution in [3.8, 4) is 0 Å². The van der Waals surface area contributed by atoms with Crippen LogP contribution in [0.25, 0.3) is 10.9 Å². The highest BCUT2D eigenvalue weighted by Crippen LogP contribution is 2.27. The lowest BCUT2D eigenvalue weighted by molar-refractivity contribution is 0.607. The van der Waals surface area contributed by atoms with Gasteiger partial charge in [0.2, 0.25) is 21.9 Å². The molecule has 0 bridgehead atoms.